The van der Waals surface area contributed by atoms with Crippen molar-refractivity contribution in [2.45, 2.75) is 39.8 Å². The Kier molecular flexibility index (Phi) is 7.60. The lowest BCUT2D eigenvalue weighted by atomic mass is 9.94. The van der Waals surface area contributed by atoms with Crippen molar-refractivity contribution >= 4 is 11.8 Å². The van der Waals surface area contributed by atoms with Gasteiger partial charge in [-0.2, -0.15) is 0 Å². The quantitative estimate of drug-likeness (QED) is 0.505. The van der Waals surface area contributed by atoms with Gasteiger partial charge in [0.25, 0.3) is 11.8 Å². The highest BCUT2D eigenvalue weighted by Crippen LogP contribution is 2.35. The number of benzene rings is 3. The maximum atomic E-state index is 12.6. The highest BCUT2D eigenvalue weighted by molar-refractivity contribution is 6.21. The lowest BCUT2D eigenvalue weighted by Crippen LogP contribution is -2.36. The van der Waals surface area contributed by atoms with E-state index in [4.69, 9.17) is 5.73 Å². The van der Waals surface area contributed by atoms with Crippen LogP contribution in [-0.4, -0.2) is 16.7 Å². The summed E-state index contributed by atoms with van der Waals surface area (Å²) in [5.41, 5.74) is 9.16. The van der Waals surface area contributed by atoms with Crippen molar-refractivity contribution in [3.05, 3.63) is 107 Å². The molecule has 0 bridgehead atoms. The van der Waals surface area contributed by atoms with Gasteiger partial charge < -0.3 is 5.73 Å². The molecule has 1 aliphatic rings. The number of nitrogens with two attached hydrogens (primary N) is 1. The summed E-state index contributed by atoms with van der Waals surface area (Å²) in [7, 11) is 0. The molecule has 1 heterocycles. The molecule has 4 heteroatoms. The monoisotopic (exact) mass is 428 g/mol. The van der Waals surface area contributed by atoms with Crippen LogP contribution in [0, 0.1) is 11.8 Å². The van der Waals surface area contributed by atoms with Gasteiger partial charge in [-0.25, -0.2) is 0 Å². The van der Waals surface area contributed by atoms with Crippen LogP contribution in [0.5, 0.6) is 0 Å². The maximum Gasteiger partial charge on any atom is 0.262 e. The summed E-state index contributed by atoms with van der Waals surface area (Å²) < 4.78 is 0. The molecule has 2 unspecified atom stereocenters. The third-order valence-corrected chi connectivity index (χ3v) is 5.78. The Morgan fingerprint density at radius 2 is 1.00 bits per heavy atom. The fourth-order valence-electron chi connectivity index (χ4n) is 4.00. The third kappa shape index (κ3) is 4.97. The predicted octanol–water partition coefficient (Wildman–Crippen LogP) is 6.02. The molecule has 1 aliphatic heterocycles. The van der Waals surface area contributed by atoms with Gasteiger partial charge in [0.15, 0.2) is 0 Å². The van der Waals surface area contributed by atoms with Crippen molar-refractivity contribution in [2.75, 3.05) is 0 Å². The number of nitrogens with zero attached hydrogens (tertiary/aromatic N) is 1. The molecule has 0 fully saturated rings. The molecule has 166 valence electrons. The molecule has 3 aromatic carbocycles. The lowest BCUT2D eigenvalue weighted by molar-refractivity contribution is 0.0538. The molecule has 32 heavy (non-hydrogen) atoms. The Bertz CT molecular complexity index is 1010. The first-order chi connectivity index (χ1) is 15.3. The van der Waals surface area contributed by atoms with Crippen LogP contribution in [0.2, 0.25) is 0 Å². The molecule has 0 spiro atoms. The first kappa shape index (κ1) is 23.4. The van der Waals surface area contributed by atoms with Crippen LogP contribution in [0.3, 0.4) is 0 Å². The summed E-state index contributed by atoms with van der Waals surface area (Å²) in [6, 6.07) is 26.9. The van der Waals surface area contributed by atoms with Crippen LogP contribution >= 0.6 is 0 Å². The summed E-state index contributed by atoms with van der Waals surface area (Å²) in [4.78, 5) is 26.7. The minimum Gasteiger partial charge on any atom is -0.324 e. The van der Waals surface area contributed by atoms with E-state index in [0.29, 0.717) is 17.0 Å². The molecular formula is C28H32N2O2. The summed E-state index contributed by atoms with van der Waals surface area (Å²) >= 11 is 0. The van der Waals surface area contributed by atoms with E-state index in [0.717, 1.165) is 5.56 Å². The van der Waals surface area contributed by atoms with Gasteiger partial charge in [0.2, 0.25) is 0 Å². The third-order valence-electron chi connectivity index (χ3n) is 5.78. The van der Waals surface area contributed by atoms with Gasteiger partial charge in [-0.3, -0.25) is 14.5 Å². The first-order valence-corrected chi connectivity index (χ1v) is 11.1. The minimum absolute atomic E-state index is 0.148. The second kappa shape index (κ2) is 10.4. The van der Waals surface area contributed by atoms with Gasteiger partial charge in [0.05, 0.1) is 17.2 Å². The molecule has 0 aromatic heterocycles. The van der Waals surface area contributed by atoms with E-state index in [9.17, 15) is 9.59 Å². The predicted molar refractivity (Wildman–Crippen MR) is 129 cm³/mol. The number of carbonyl (C=O) groups excluding carboxylic acids is 2. The molecule has 3 aromatic rings. The molecule has 4 nitrogen and oxygen atoms in total. The van der Waals surface area contributed by atoms with E-state index in [1.165, 1.54) is 10.5 Å². The van der Waals surface area contributed by atoms with Crippen LogP contribution in [0.15, 0.2) is 84.9 Å². The Hall–Kier alpha value is -3.24. The van der Waals surface area contributed by atoms with Crippen molar-refractivity contribution in [1.82, 2.24) is 4.90 Å². The molecule has 2 amide bonds. The second-order valence-electron chi connectivity index (χ2n) is 8.81. The Morgan fingerprint density at radius 1 is 0.594 bits per heavy atom. The summed E-state index contributed by atoms with van der Waals surface area (Å²) in [6.45, 7) is 8.33. The smallest absolute Gasteiger partial charge is 0.262 e. The molecule has 0 saturated heterocycles. The van der Waals surface area contributed by atoms with Gasteiger partial charge in [-0.1, -0.05) is 100 Å². The van der Waals surface area contributed by atoms with Gasteiger partial charge in [0.1, 0.15) is 0 Å². The van der Waals surface area contributed by atoms with Crippen LogP contribution in [0.1, 0.15) is 71.6 Å². The highest BCUT2D eigenvalue weighted by Gasteiger charge is 2.41. The molecule has 0 radical (unpaired) electrons. The number of hydrogen-bond acceptors (Lipinski definition) is 3. The van der Waals surface area contributed by atoms with Crippen LogP contribution in [0.25, 0.3) is 0 Å². The zero-order valence-corrected chi connectivity index (χ0v) is 19.2. The van der Waals surface area contributed by atoms with E-state index in [2.05, 4.69) is 26.0 Å². The molecule has 4 rings (SSSR count). The van der Waals surface area contributed by atoms with Crippen molar-refractivity contribution in [1.29, 1.82) is 0 Å². The SMILES string of the molecule is CC(C)C(N)c1ccccc1.CC(C)C(c1ccccc1)N1C(=O)c2ccccc2C1=O. The molecule has 2 N–H and O–H groups in total. The van der Waals surface area contributed by atoms with Crippen LogP contribution in [0.4, 0.5) is 0 Å². The lowest BCUT2D eigenvalue weighted by Gasteiger charge is -2.29. The topological polar surface area (TPSA) is 63.4 Å². The summed E-state index contributed by atoms with van der Waals surface area (Å²) in [6.07, 6.45) is 0. The van der Waals surface area contributed by atoms with E-state index in [-0.39, 0.29) is 29.8 Å². The van der Waals surface area contributed by atoms with Gasteiger partial charge in [-0.15, -0.1) is 0 Å². The Morgan fingerprint density at radius 3 is 1.41 bits per heavy atom. The Labute approximate surface area is 191 Å². The van der Waals surface area contributed by atoms with Crippen LogP contribution < -0.4 is 5.73 Å². The van der Waals surface area contributed by atoms with Crippen LogP contribution in [-0.2, 0) is 0 Å². The van der Waals surface area contributed by atoms with Crippen molar-refractivity contribution in [2.24, 2.45) is 17.6 Å². The van der Waals surface area contributed by atoms with Gasteiger partial charge in [-0.05, 0) is 35.1 Å². The standard InChI is InChI=1S/C18H17NO2.C10H15N/c1-12(2)16(13-8-4-3-5-9-13)19-17(20)14-10-6-7-11-15(14)18(19)21;1-8(2)10(11)9-6-4-3-5-7-9/h3-12,16H,1-2H3;3-8,10H,11H2,1-2H3. The molecule has 0 aliphatic carbocycles. The Balaban J connectivity index is 0.000000222. The number of amides is 2. The van der Waals surface area contributed by atoms with E-state index < -0.39 is 0 Å². The van der Waals surface area contributed by atoms with E-state index in [1.807, 2.05) is 62.4 Å². The fraction of sp³-hybridized carbons (Fsp3) is 0.286. The van der Waals surface area contributed by atoms with E-state index >= 15 is 0 Å². The normalized spacial score (nSPS) is 14.8. The van der Waals surface area contributed by atoms with Crippen molar-refractivity contribution in [3.8, 4) is 0 Å². The zero-order chi connectivity index (χ0) is 23.3. The molecule has 2 atom stereocenters. The number of fused-ring (bicyclic) bond motifs is 1. The number of imide groups is 1. The maximum absolute atomic E-state index is 12.6. The van der Waals surface area contributed by atoms with E-state index in [1.54, 1.807) is 24.3 Å². The second-order valence-corrected chi connectivity index (χ2v) is 8.81. The number of rotatable bonds is 5. The fourth-order valence-corrected chi connectivity index (χ4v) is 4.00. The largest absolute Gasteiger partial charge is 0.324 e. The number of carbonyl (C=O) groups is 2. The first-order valence-electron chi connectivity index (χ1n) is 11.1. The average molecular weight is 429 g/mol. The van der Waals surface area contributed by atoms with Gasteiger partial charge >= 0.3 is 0 Å². The minimum atomic E-state index is -0.237. The van der Waals surface area contributed by atoms with Crippen molar-refractivity contribution < 1.29 is 9.59 Å². The van der Waals surface area contributed by atoms with Gasteiger partial charge in [0, 0.05) is 6.04 Å². The van der Waals surface area contributed by atoms with Crippen molar-refractivity contribution in [3.63, 3.8) is 0 Å². The number of hydrogen-bond donors (Lipinski definition) is 1. The average Bonchev–Trinajstić information content (AvgIpc) is 3.06. The zero-order valence-electron chi connectivity index (χ0n) is 19.2. The summed E-state index contributed by atoms with van der Waals surface area (Å²) in [5.74, 6) is 0.267. The molecule has 0 saturated carbocycles. The highest BCUT2D eigenvalue weighted by atomic mass is 16.2. The summed E-state index contributed by atoms with van der Waals surface area (Å²) in [5, 5.41) is 0. The molecular weight excluding hydrogens is 396 g/mol.